The number of hydrogen-bond donors (Lipinski definition) is 4. The average Bonchev–Trinajstić information content (AvgIpc) is 2.80. The number of aliphatic carboxylic acids is 1. The van der Waals surface area contributed by atoms with Crippen molar-refractivity contribution in [2.24, 2.45) is 11.7 Å². The lowest BCUT2D eigenvalue weighted by Crippen LogP contribution is -2.44. The van der Waals surface area contributed by atoms with E-state index in [1.165, 1.54) is 6.07 Å². The molecule has 24 heavy (non-hydrogen) atoms. The number of benzene rings is 1. The maximum absolute atomic E-state index is 14.5. The van der Waals surface area contributed by atoms with Gasteiger partial charge in [-0.25, -0.2) is 4.39 Å². The highest BCUT2D eigenvalue weighted by atomic mass is 19.1. The first-order valence-electron chi connectivity index (χ1n) is 8.52. The summed E-state index contributed by atoms with van der Waals surface area (Å²) in [7, 11) is -1.38. The average molecular weight is 335 g/mol. The molecular formula is C17H23BFNO4. The summed E-state index contributed by atoms with van der Waals surface area (Å²) in [4.78, 5) is 11.8. The van der Waals surface area contributed by atoms with Crippen LogP contribution in [-0.2, 0) is 16.8 Å². The number of fused-ring (bicyclic) bond motifs is 1. The number of hydrogen-bond acceptors (Lipinski definition) is 4. The van der Waals surface area contributed by atoms with Crippen LogP contribution in [0.5, 0.6) is 0 Å². The fourth-order valence-electron chi connectivity index (χ4n) is 4.13. The predicted molar refractivity (Wildman–Crippen MR) is 87.9 cm³/mol. The summed E-state index contributed by atoms with van der Waals surface area (Å²) in [5.74, 6) is -2.09. The second-order valence-corrected chi connectivity index (χ2v) is 7.23. The van der Waals surface area contributed by atoms with E-state index in [-0.39, 0.29) is 18.1 Å². The van der Waals surface area contributed by atoms with Gasteiger partial charge in [-0.1, -0.05) is 6.42 Å². The lowest BCUT2D eigenvalue weighted by Gasteiger charge is -2.39. The maximum atomic E-state index is 14.5. The molecule has 1 aromatic carbocycles. The van der Waals surface area contributed by atoms with Crippen molar-refractivity contribution in [1.29, 1.82) is 0 Å². The molecule has 0 aromatic heterocycles. The summed E-state index contributed by atoms with van der Waals surface area (Å²) in [6.45, 7) is 0. The molecular weight excluding hydrogens is 312 g/mol. The van der Waals surface area contributed by atoms with Crippen molar-refractivity contribution in [3.8, 4) is 0 Å². The van der Waals surface area contributed by atoms with Crippen LogP contribution in [0.2, 0.25) is 6.32 Å². The zero-order chi connectivity index (χ0) is 17.5. The molecule has 0 amide bonds. The highest BCUT2D eigenvalue weighted by molar-refractivity contribution is 6.40. The van der Waals surface area contributed by atoms with Gasteiger partial charge >= 0.3 is 13.1 Å². The van der Waals surface area contributed by atoms with E-state index >= 15 is 0 Å². The molecule has 7 heteroatoms. The molecule has 2 aliphatic rings. The summed E-state index contributed by atoms with van der Waals surface area (Å²) in [5.41, 5.74) is 7.42. The Balaban J connectivity index is 1.87. The molecule has 0 saturated heterocycles. The van der Waals surface area contributed by atoms with Gasteiger partial charge in [0.1, 0.15) is 5.82 Å². The lowest BCUT2D eigenvalue weighted by molar-refractivity contribution is -0.139. The van der Waals surface area contributed by atoms with E-state index in [2.05, 4.69) is 0 Å². The predicted octanol–water partition coefficient (Wildman–Crippen LogP) is 1.76. The molecule has 0 aliphatic heterocycles. The van der Waals surface area contributed by atoms with Crippen LogP contribution in [0.15, 0.2) is 12.1 Å². The normalized spacial score (nSPS) is 24.3. The Labute approximate surface area is 140 Å². The monoisotopic (exact) mass is 335 g/mol. The number of carbonyl (C=O) groups is 1. The van der Waals surface area contributed by atoms with E-state index in [4.69, 9.17) is 15.8 Å². The van der Waals surface area contributed by atoms with Crippen molar-refractivity contribution in [3.63, 3.8) is 0 Å². The van der Waals surface area contributed by atoms with Crippen LogP contribution in [0.1, 0.15) is 54.7 Å². The molecule has 1 aromatic rings. The molecule has 0 unspecified atom stereocenters. The number of nitrogens with two attached hydrogens (primary N) is 1. The Hall–Kier alpha value is -1.44. The zero-order valence-electron chi connectivity index (χ0n) is 13.5. The molecule has 1 fully saturated rings. The van der Waals surface area contributed by atoms with Crippen molar-refractivity contribution >= 4 is 13.1 Å². The first-order chi connectivity index (χ1) is 11.3. The van der Waals surface area contributed by atoms with E-state index in [0.29, 0.717) is 30.4 Å². The largest absolute Gasteiger partial charge is 0.481 e. The smallest absolute Gasteiger partial charge is 0.451 e. The molecule has 0 bridgehead atoms. The molecule has 1 saturated carbocycles. The molecule has 0 radical (unpaired) electrons. The Morgan fingerprint density at radius 2 is 2.08 bits per heavy atom. The Bertz CT molecular complexity index is 648. The summed E-state index contributed by atoms with van der Waals surface area (Å²) >= 11 is 0. The van der Waals surface area contributed by atoms with E-state index in [1.54, 1.807) is 6.07 Å². The first kappa shape index (κ1) is 17.4. The highest BCUT2D eigenvalue weighted by Gasteiger charge is 2.42. The van der Waals surface area contributed by atoms with Crippen LogP contribution in [0.3, 0.4) is 0 Å². The highest BCUT2D eigenvalue weighted by Crippen LogP contribution is 2.46. The van der Waals surface area contributed by atoms with Gasteiger partial charge in [0.05, 0.1) is 5.92 Å². The van der Waals surface area contributed by atoms with Gasteiger partial charge in [-0.3, -0.25) is 4.79 Å². The Kier molecular flexibility index (Phi) is 4.68. The SMILES string of the molecule is NC1(c2cc3c(cc2F)C[C@H](CCCB(O)O)[C@@H]3C(=O)O)CCC1. The minimum atomic E-state index is -1.38. The molecule has 3 rings (SSSR count). The molecule has 130 valence electrons. The minimum absolute atomic E-state index is 0.152. The summed E-state index contributed by atoms with van der Waals surface area (Å²) in [5, 5.41) is 27.5. The van der Waals surface area contributed by atoms with Crippen LogP contribution in [0, 0.1) is 11.7 Å². The van der Waals surface area contributed by atoms with Gasteiger partial charge in [0.25, 0.3) is 0 Å². The van der Waals surface area contributed by atoms with Crippen molar-refractivity contribution < 1.29 is 24.3 Å². The third-order valence-electron chi connectivity index (χ3n) is 5.60. The molecule has 0 heterocycles. The molecule has 2 aliphatic carbocycles. The third kappa shape index (κ3) is 3.08. The number of carboxylic acid groups (broad SMARTS) is 1. The number of carboxylic acids is 1. The minimum Gasteiger partial charge on any atom is -0.481 e. The Morgan fingerprint density at radius 3 is 2.62 bits per heavy atom. The summed E-state index contributed by atoms with van der Waals surface area (Å²) < 4.78 is 14.5. The molecule has 2 atom stereocenters. The van der Waals surface area contributed by atoms with Crippen LogP contribution < -0.4 is 5.73 Å². The van der Waals surface area contributed by atoms with Crippen molar-refractivity contribution in [1.82, 2.24) is 0 Å². The number of rotatable bonds is 6. The van der Waals surface area contributed by atoms with Gasteiger partial charge < -0.3 is 20.9 Å². The quantitative estimate of drug-likeness (QED) is 0.593. The van der Waals surface area contributed by atoms with Gasteiger partial charge in [0.2, 0.25) is 0 Å². The fraction of sp³-hybridized carbons (Fsp3) is 0.588. The van der Waals surface area contributed by atoms with Crippen LogP contribution in [-0.4, -0.2) is 28.2 Å². The zero-order valence-corrected chi connectivity index (χ0v) is 13.5. The van der Waals surface area contributed by atoms with Gasteiger partial charge in [-0.2, -0.15) is 0 Å². The van der Waals surface area contributed by atoms with E-state index in [0.717, 1.165) is 24.8 Å². The van der Waals surface area contributed by atoms with Crippen LogP contribution in [0.4, 0.5) is 4.39 Å². The molecule has 0 spiro atoms. The Morgan fingerprint density at radius 1 is 1.38 bits per heavy atom. The van der Waals surface area contributed by atoms with Crippen molar-refractivity contribution in [3.05, 3.63) is 34.6 Å². The standard InChI is InChI=1S/C17H23BFNO4/c19-14-8-11-7-10(3-1-6-18(23)24)15(16(21)22)12(11)9-13(14)17(20)4-2-5-17/h8-10,15,23-24H,1-7,20H2,(H,21,22)/t10-,15-/m0/s1. The van der Waals surface area contributed by atoms with Crippen molar-refractivity contribution in [2.45, 2.75) is 56.3 Å². The topological polar surface area (TPSA) is 104 Å². The third-order valence-corrected chi connectivity index (χ3v) is 5.60. The summed E-state index contributed by atoms with van der Waals surface area (Å²) in [6.07, 6.45) is 4.20. The second kappa shape index (κ2) is 6.46. The van der Waals surface area contributed by atoms with Crippen LogP contribution in [0.25, 0.3) is 0 Å². The van der Waals surface area contributed by atoms with E-state index in [9.17, 15) is 14.3 Å². The first-order valence-corrected chi connectivity index (χ1v) is 8.52. The van der Waals surface area contributed by atoms with Gasteiger partial charge in [0.15, 0.2) is 0 Å². The van der Waals surface area contributed by atoms with Gasteiger partial charge in [0, 0.05) is 11.1 Å². The molecule has 5 nitrogen and oxygen atoms in total. The summed E-state index contributed by atoms with van der Waals surface area (Å²) in [6, 6.07) is 3.12. The maximum Gasteiger partial charge on any atom is 0.451 e. The number of halogens is 1. The van der Waals surface area contributed by atoms with E-state index < -0.39 is 24.5 Å². The van der Waals surface area contributed by atoms with Crippen molar-refractivity contribution in [2.75, 3.05) is 0 Å². The molecule has 5 N–H and O–H groups in total. The van der Waals surface area contributed by atoms with E-state index in [1.807, 2.05) is 0 Å². The van der Waals surface area contributed by atoms with Gasteiger partial charge in [-0.15, -0.1) is 0 Å². The van der Waals surface area contributed by atoms with Gasteiger partial charge in [-0.05, 0) is 67.6 Å². The fourth-order valence-corrected chi connectivity index (χ4v) is 4.13. The second-order valence-electron chi connectivity index (χ2n) is 7.23. The van der Waals surface area contributed by atoms with Crippen LogP contribution >= 0.6 is 0 Å². The lowest BCUT2D eigenvalue weighted by atomic mass is 9.71.